The number of likely N-dealkylation sites (tertiary alicyclic amines) is 1. The molecule has 3 fully saturated rings. The summed E-state index contributed by atoms with van der Waals surface area (Å²) >= 11 is 0. The number of carbonyl (C=O) groups excluding carboxylic acids is 1. The lowest BCUT2D eigenvalue weighted by molar-refractivity contribution is -0.203. The standard InChI is InChI=1S/C17H29NO5/c1-12(19)16-13(8-11-23-15-7-3-5-10-22-15)18(17(16)20)14-6-2-4-9-21-14/h12-16,19H,2-11H2,1H3. The summed E-state index contributed by atoms with van der Waals surface area (Å²) in [7, 11) is 0. The first-order valence-corrected chi connectivity index (χ1v) is 9.03. The minimum Gasteiger partial charge on any atom is -0.393 e. The molecule has 0 aliphatic carbocycles. The molecule has 0 aromatic rings. The van der Waals surface area contributed by atoms with Gasteiger partial charge in [0.2, 0.25) is 5.91 Å². The van der Waals surface area contributed by atoms with Gasteiger partial charge in [0.05, 0.1) is 24.7 Å². The molecule has 3 aliphatic rings. The van der Waals surface area contributed by atoms with Crippen LogP contribution in [0.5, 0.6) is 0 Å². The van der Waals surface area contributed by atoms with Crippen LogP contribution >= 0.6 is 0 Å². The van der Waals surface area contributed by atoms with Crippen LogP contribution in [0.4, 0.5) is 0 Å². The number of ether oxygens (including phenoxy) is 3. The lowest BCUT2D eigenvalue weighted by Crippen LogP contribution is -2.68. The van der Waals surface area contributed by atoms with Crippen molar-refractivity contribution in [3.63, 3.8) is 0 Å². The van der Waals surface area contributed by atoms with E-state index in [1.807, 2.05) is 4.90 Å². The summed E-state index contributed by atoms with van der Waals surface area (Å²) < 4.78 is 17.1. The molecule has 132 valence electrons. The van der Waals surface area contributed by atoms with E-state index in [-0.39, 0.29) is 30.4 Å². The predicted octanol–water partition coefficient (Wildman–Crippen LogP) is 1.65. The highest BCUT2D eigenvalue weighted by molar-refractivity contribution is 5.86. The molecule has 1 amide bonds. The average Bonchev–Trinajstić information content (AvgIpc) is 2.55. The van der Waals surface area contributed by atoms with Crippen molar-refractivity contribution in [1.29, 1.82) is 0 Å². The molecular formula is C17H29NO5. The van der Waals surface area contributed by atoms with Crippen molar-refractivity contribution >= 4 is 5.91 Å². The van der Waals surface area contributed by atoms with Gasteiger partial charge in [0, 0.05) is 13.2 Å². The average molecular weight is 327 g/mol. The Labute approximate surface area is 138 Å². The monoisotopic (exact) mass is 327 g/mol. The fraction of sp³-hybridized carbons (Fsp3) is 0.941. The van der Waals surface area contributed by atoms with E-state index in [9.17, 15) is 9.90 Å². The summed E-state index contributed by atoms with van der Waals surface area (Å²) in [6.45, 7) is 3.73. The third-order valence-electron chi connectivity index (χ3n) is 5.15. The van der Waals surface area contributed by atoms with Crippen LogP contribution in [-0.4, -0.2) is 60.4 Å². The van der Waals surface area contributed by atoms with E-state index in [4.69, 9.17) is 14.2 Å². The van der Waals surface area contributed by atoms with Crippen molar-refractivity contribution in [1.82, 2.24) is 4.90 Å². The molecule has 1 N–H and O–H groups in total. The molecule has 3 aliphatic heterocycles. The normalized spacial score (nSPS) is 36.6. The van der Waals surface area contributed by atoms with E-state index in [0.29, 0.717) is 13.2 Å². The Hall–Kier alpha value is -0.690. The summed E-state index contributed by atoms with van der Waals surface area (Å²) in [5.74, 6) is -0.304. The van der Waals surface area contributed by atoms with Gasteiger partial charge in [0.15, 0.2) is 6.29 Å². The Bertz CT molecular complexity index is 390. The van der Waals surface area contributed by atoms with Gasteiger partial charge in [0.1, 0.15) is 6.23 Å². The number of hydrogen-bond acceptors (Lipinski definition) is 5. The van der Waals surface area contributed by atoms with E-state index >= 15 is 0 Å². The Morgan fingerprint density at radius 1 is 1.22 bits per heavy atom. The summed E-state index contributed by atoms with van der Waals surface area (Å²) in [4.78, 5) is 14.2. The van der Waals surface area contributed by atoms with Crippen LogP contribution in [0.15, 0.2) is 0 Å². The first kappa shape index (κ1) is 17.1. The highest BCUT2D eigenvalue weighted by Gasteiger charge is 2.52. The number of hydrogen-bond donors (Lipinski definition) is 1. The lowest BCUT2D eigenvalue weighted by Gasteiger charge is -2.52. The van der Waals surface area contributed by atoms with Crippen LogP contribution < -0.4 is 0 Å². The Morgan fingerprint density at radius 3 is 2.57 bits per heavy atom. The van der Waals surface area contributed by atoms with Gasteiger partial charge in [0.25, 0.3) is 0 Å². The second-order valence-corrected chi connectivity index (χ2v) is 6.86. The van der Waals surface area contributed by atoms with Crippen molar-refractivity contribution in [3.05, 3.63) is 0 Å². The maximum absolute atomic E-state index is 12.4. The van der Waals surface area contributed by atoms with E-state index in [1.54, 1.807) is 6.92 Å². The SMILES string of the molecule is CC(O)C1C(=O)N(C2CCCCO2)C1CCOC1CCCCO1. The number of β-lactam (4-membered cyclic amide) rings is 1. The third-order valence-corrected chi connectivity index (χ3v) is 5.15. The van der Waals surface area contributed by atoms with Crippen LogP contribution in [0.2, 0.25) is 0 Å². The van der Waals surface area contributed by atoms with Gasteiger partial charge in [-0.2, -0.15) is 0 Å². The van der Waals surface area contributed by atoms with Crippen molar-refractivity contribution in [2.24, 2.45) is 5.92 Å². The Morgan fingerprint density at radius 2 is 1.96 bits per heavy atom. The quantitative estimate of drug-likeness (QED) is 0.751. The van der Waals surface area contributed by atoms with Gasteiger partial charge in [-0.05, 0) is 51.9 Å². The zero-order chi connectivity index (χ0) is 16.2. The molecule has 3 rings (SSSR count). The van der Waals surface area contributed by atoms with Gasteiger partial charge in [-0.25, -0.2) is 0 Å². The number of amides is 1. The fourth-order valence-electron chi connectivity index (χ4n) is 3.90. The van der Waals surface area contributed by atoms with E-state index in [1.165, 1.54) is 0 Å². The van der Waals surface area contributed by atoms with Gasteiger partial charge >= 0.3 is 0 Å². The zero-order valence-electron chi connectivity index (χ0n) is 14.0. The second-order valence-electron chi connectivity index (χ2n) is 6.86. The maximum Gasteiger partial charge on any atom is 0.232 e. The molecule has 0 saturated carbocycles. The second kappa shape index (κ2) is 7.92. The molecule has 0 aromatic heterocycles. The summed E-state index contributed by atoms with van der Waals surface area (Å²) in [5.41, 5.74) is 0. The van der Waals surface area contributed by atoms with Crippen molar-refractivity contribution in [2.45, 2.75) is 76.5 Å². The zero-order valence-corrected chi connectivity index (χ0v) is 14.0. The molecule has 0 bridgehead atoms. The summed E-state index contributed by atoms with van der Waals surface area (Å²) in [6.07, 6.45) is 6.10. The van der Waals surface area contributed by atoms with Gasteiger partial charge in [-0.15, -0.1) is 0 Å². The molecule has 3 heterocycles. The maximum atomic E-state index is 12.4. The first-order chi connectivity index (χ1) is 11.2. The highest BCUT2D eigenvalue weighted by Crippen LogP contribution is 2.36. The molecule has 5 atom stereocenters. The summed E-state index contributed by atoms with van der Waals surface area (Å²) in [6, 6.07) is 0.00851. The van der Waals surface area contributed by atoms with Crippen molar-refractivity contribution in [3.8, 4) is 0 Å². The van der Waals surface area contributed by atoms with E-state index in [0.717, 1.165) is 51.6 Å². The molecule has 0 spiro atoms. The number of aliphatic hydroxyl groups is 1. The molecule has 5 unspecified atom stereocenters. The van der Waals surface area contributed by atoms with Crippen LogP contribution in [0.1, 0.15) is 51.9 Å². The Kier molecular flexibility index (Phi) is 5.91. The van der Waals surface area contributed by atoms with Crippen LogP contribution in [0.25, 0.3) is 0 Å². The topological polar surface area (TPSA) is 68.2 Å². The number of carbonyl (C=O) groups is 1. The van der Waals surface area contributed by atoms with Crippen LogP contribution in [-0.2, 0) is 19.0 Å². The minimum atomic E-state index is -0.627. The number of nitrogens with zero attached hydrogens (tertiary/aromatic N) is 1. The number of aliphatic hydroxyl groups excluding tert-OH is 1. The lowest BCUT2D eigenvalue weighted by atomic mass is 9.80. The van der Waals surface area contributed by atoms with Gasteiger partial charge in [-0.3, -0.25) is 4.79 Å². The van der Waals surface area contributed by atoms with Crippen LogP contribution in [0.3, 0.4) is 0 Å². The van der Waals surface area contributed by atoms with Crippen molar-refractivity contribution < 1.29 is 24.1 Å². The fourth-order valence-corrected chi connectivity index (χ4v) is 3.90. The van der Waals surface area contributed by atoms with Gasteiger partial charge < -0.3 is 24.2 Å². The molecular weight excluding hydrogens is 298 g/mol. The predicted molar refractivity (Wildman–Crippen MR) is 83.6 cm³/mol. The van der Waals surface area contributed by atoms with Crippen LogP contribution in [0, 0.1) is 5.92 Å². The molecule has 23 heavy (non-hydrogen) atoms. The van der Waals surface area contributed by atoms with Crippen molar-refractivity contribution in [2.75, 3.05) is 19.8 Å². The Balaban J connectivity index is 1.53. The first-order valence-electron chi connectivity index (χ1n) is 9.03. The third kappa shape index (κ3) is 3.87. The molecule has 3 saturated heterocycles. The molecule has 0 radical (unpaired) electrons. The van der Waals surface area contributed by atoms with E-state index in [2.05, 4.69) is 0 Å². The smallest absolute Gasteiger partial charge is 0.232 e. The largest absolute Gasteiger partial charge is 0.393 e. The molecule has 6 nitrogen and oxygen atoms in total. The van der Waals surface area contributed by atoms with E-state index < -0.39 is 6.10 Å². The highest BCUT2D eigenvalue weighted by atomic mass is 16.7. The summed E-state index contributed by atoms with van der Waals surface area (Å²) in [5, 5.41) is 9.92. The molecule has 6 heteroatoms. The number of rotatable bonds is 6. The molecule has 0 aromatic carbocycles. The van der Waals surface area contributed by atoms with Gasteiger partial charge in [-0.1, -0.05) is 0 Å². The minimum absolute atomic E-state index is 0.00851.